The fourth-order valence-electron chi connectivity index (χ4n) is 4.18. The van der Waals surface area contributed by atoms with Crippen LogP contribution in [0, 0.1) is 23.4 Å². The Kier molecular flexibility index (Phi) is 7.40. The zero-order chi connectivity index (χ0) is 24.1. The summed E-state index contributed by atoms with van der Waals surface area (Å²) in [5, 5.41) is 10.2. The molecule has 1 aliphatic rings. The number of carbonyl (C=O) groups excluding carboxylic acids is 1. The molecule has 1 saturated heterocycles. The molecule has 1 aliphatic heterocycles. The Hall–Kier alpha value is -3.49. The lowest BCUT2D eigenvalue weighted by molar-refractivity contribution is 0.206. The van der Waals surface area contributed by atoms with Crippen molar-refractivity contribution in [1.82, 2.24) is 20.4 Å². The smallest absolute Gasteiger partial charge is 0.317 e. The van der Waals surface area contributed by atoms with Crippen LogP contribution in [-0.2, 0) is 6.42 Å². The van der Waals surface area contributed by atoms with E-state index in [-0.39, 0.29) is 17.8 Å². The van der Waals surface area contributed by atoms with E-state index in [9.17, 15) is 18.0 Å². The topological polar surface area (TPSA) is 64.3 Å². The van der Waals surface area contributed by atoms with Crippen LogP contribution in [0.25, 0.3) is 11.3 Å². The molecule has 2 heterocycles. The number of carbonyl (C=O) groups is 1. The van der Waals surface area contributed by atoms with Crippen molar-refractivity contribution in [2.24, 2.45) is 5.92 Å². The Balaban J connectivity index is 1.17. The number of aromatic amines is 1. The summed E-state index contributed by atoms with van der Waals surface area (Å²) >= 11 is 0. The van der Waals surface area contributed by atoms with Crippen molar-refractivity contribution in [1.29, 1.82) is 0 Å². The number of amides is 2. The standard InChI is InChI=1S/C25H28F3N5O/c1-32(10-3-6-20-13-24(31-30-20)18-4-2-5-19(26)12-18)25(34)29-15-17-9-11-33(16-17)21-7-8-22(27)23(28)14-21/h2,4-5,7-8,12-14,17H,3,6,9-11,15-16H2,1H3,(H,29,34)(H,30,31). The van der Waals surface area contributed by atoms with Gasteiger partial charge in [-0.05, 0) is 55.5 Å². The maximum Gasteiger partial charge on any atom is 0.317 e. The van der Waals surface area contributed by atoms with Crippen molar-refractivity contribution in [3.8, 4) is 11.3 Å². The fourth-order valence-corrected chi connectivity index (χ4v) is 4.18. The highest BCUT2D eigenvalue weighted by Gasteiger charge is 2.24. The number of nitrogens with zero attached hydrogens (tertiary/aromatic N) is 3. The van der Waals surface area contributed by atoms with E-state index in [2.05, 4.69) is 15.5 Å². The summed E-state index contributed by atoms with van der Waals surface area (Å²) < 4.78 is 40.1. The van der Waals surface area contributed by atoms with Crippen LogP contribution in [0.1, 0.15) is 18.5 Å². The van der Waals surface area contributed by atoms with Crippen LogP contribution in [0.2, 0.25) is 0 Å². The normalized spacial score (nSPS) is 15.5. The first-order valence-electron chi connectivity index (χ1n) is 11.4. The average molecular weight is 472 g/mol. The molecular formula is C25H28F3N5O. The lowest BCUT2D eigenvalue weighted by Crippen LogP contribution is -2.40. The monoisotopic (exact) mass is 471 g/mol. The van der Waals surface area contributed by atoms with Crippen LogP contribution in [0.4, 0.5) is 23.7 Å². The maximum absolute atomic E-state index is 13.5. The molecule has 6 nitrogen and oxygen atoms in total. The van der Waals surface area contributed by atoms with Crippen LogP contribution >= 0.6 is 0 Å². The molecule has 0 radical (unpaired) electrons. The number of urea groups is 1. The molecule has 0 spiro atoms. The Labute approximate surface area is 196 Å². The van der Waals surface area contributed by atoms with E-state index < -0.39 is 11.6 Å². The largest absolute Gasteiger partial charge is 0.371 e. The van der Waals surface area contributed by atoms with Gasteiger partial charge in [0.05, 0.1) is 5.69 Å². The third kappa shape index (κ3) is 5.89. The van der Waals surface area contributed by atoms with Gasteiger partial charge in [0.15, 0.2) is 11.6 Å². The van der Waals surface area contributed by atoms with Crippen molar-refractivity contribution in [2.75, 3.05) is 38.1 Å². The third-order valence-electron chi connectivity index (χ3n) is 6.13. The number of halogens is 3. The average Bonchev–Trinajstić information content (AvgIpc) is 3.49. The van der Waals surface area contributed by atoms with Gasteiger partial charge in [0.2, 0.25) is 0 Å². The number of hydrogen-bond donors (Lipinski definition) is 2. The van der Waals surface area contributed by atoms with Crippen LogP contribution in [-0.4, -0.2) is 54.4 Å². The fraction of sp³-hybridized carbons (Fsp3) is 0.360. The second kappa shape index (κ2) is 10.6. The molecule has 0 bridgehead atoms. The summed E-state index contributed by atoms with van der Waals surface area (Å²) in [7, 11) is 1.75. The van der Waals surface area contributed by atoms with Crippen molar-refractivity contribution >= 4 is 11.7 Å². The number of aromatic nitrogens is 2. The van der Waals surface area contributed by atoms with E-state index in [1.54, 1.807) is 24.1 Å². The molecule has 9 heteroatoms. The van der Waals surface area contributed by atoms with Gasteiger partial charge < -0.3 is 15.1 Å². The highest BCUT2D eigenvalue weighted by molar-refractivity contribution is 5.73. The zero-order valence-corrected chi connectivity index (χ0v) is 19.0. The lowest BCUT2D eigenvalue weighted by atomic mass is 10.1. The first-order valence-corrected chi connectivity index (χ1v) is 11.4. The molecule has 180 valence electrons. The molecular weight excluding hydrogens is 443 g/mol. The predicted molar refractivity (Wildman–Crippen MR) is 125 cm³/mol. The molecule has 3 aromatic rings. The van der Waals surface area contributed by atoms with E-state index in [4.69, 9.17) is 0 Å². The molecule has 1 aromatic heterocycles. The molecule has 1 atom stereocenters. The maximum atomic E-state index is 13.5. The van der Waals surface area contributed by atoms with E-state index in [1.165, 1.54) is 18.2 Å². The summed E-state index contributed by atoms with van der Waals surface area (Å²) in [6, 6.07) is 12.0. The van der Waals surface area contributed by atoms with Gasteiger partial charge in [-0.2, -0.15) is 5.10 Å². The van der Waals surface area contributed by atoms with Gasteiger partial charge in [-0.3, -0.25) is 5.10 Å². The second-order valence-corrected chi connectivity index (χ2v) is 8.70. The minimum absolute atomic E-state index is 0.142. The highest BCUT2D eigenvalue weighted by Crippen LogP contribution is 2.25. The summed E-state index contributed by atoms with van der Waals surface area (Å²) in [5.41, 5.74) is 2.99. The Morgan fingerprint density at radius 2 is 2.03 bits per heavy atom. The number of rotatable bonds is 8. The molecule has 0 aliphatic carbocycles. The molecule has 1 fully saturated rings. The SMILES string of the molecule is CN(CCCc1cc(-c2cccc(F)c2)n[nH]1)C(=O)NCC1CCN(c2ccc(F)c(F)c2)C1. The Bertz CT molecular complexity index is 1140. The van der Waals surface area contributed by atoms with Crippen LogP contribution in [0.15, 0.2) is 48.5 Å². The van der Waals surface area contributed by atoms with E-state index in [0.29, 0.717) is 43.0 Å². The number of aryl methyl sites for hydroxylation is 1. The molecule has 2 N–H and O–H groups in total. The number of hydrogen-bond acceptors (Lipinski definition) is 3. The van der Waals surface area contributed by atoms with Gasteiger partial charge in [0.25, 0.3) is 0 Å². The number of H-pyrrole nitrogens is 1. The van der Waals surface area contributed by atoms with E-state index >= 15 is 0 Å². The van der Waals surface area contributed by atoms with Crippen molar-refractivity contribution in [2.45, 2.75) is 19.3 Å². The predicted octanol–water partition coefficient (Wildman–Crippen LogP) is 4.59. The van der Waals surface area contributed by atoms with Crippen LogP contribution in [0.3, 0.4) is 0 Å². The van der Waals surface area contributed by atoms with Crippen molar-refractivity contribution in [3.63, 3.8) is 0 Å². The van der Waals surface area contributed by atoms with Crippen LogP contribution in [0.5, 0.6) is 0 Å². The van der Waals surface area contributed by atoms with Crippen LogP contribution < -0.4 is 10.2 Å². The first kappa shape index (κ1) is 23.7. The van der Waals surface area contributed by atoms with Crippen molar-refractivity contribution in [3.05, 3.63) is 71.7 Å². The number of nitrogens with one attached hydrogen (secondary N) is 2. The summed E-state index contributed by atoms with van der Waals surface area (Å²) in [4.78, 5) is 16.1. The van der Waals surface area contributed by atoms with Gasteiger partial charge in [-0.25, -0.2) is 18.0 Å². The van der Waals surface area contributed by atoms with E-state index in [1.807, 2.05) is 17.0 Å². The highest BCUT2D eigenvalue weighted by atomic mass is 19.2. The molecule has 1 unspecified atom stereocenters. The van der Waals surface area contributed by atoms with Gasteiger partial charge in [-0.15, -0.1) is 0 Å². The van der Waals surface area contributed by atoms with Gasteiger partial charge in [0.1, 0.15) is 5.82 Å². The molecule has 0 saturated carbocycles. The van der Waals surface area contributed by atoms with Crippen molar-refractivity contribution < 1.29 is 18.0 Å². The van der Waals surface area contributed by atoms with E-state index in [0.717, 1.165) is 31.1 Å². The Morgan fingerprint density at radius 1 is 1.18 bits per heavy atom. The lowest BCUT2D eigenvalue weighted by Gasteiger charge is -2.21. The summed E-state index contributed by atoms with van der Waals surface area (Å²) in [6.07, 6.45) is 2.34. The van der Waals surface area contributed by atoms with Gasteiger partial charge in [-0.1, -0.05) is 12.1 Å². The molecule has 34 heavy (non-hydrogen) atoms. The summed E-state index contributed by atoms with van der Waals surface area (Å²) in [5.74, 6) is -1.76. The van der Waals surface area contributed by atoms with Gasteiger partial charge >= 0.3 is 6.03 Å². The molecule has 2 amide bonds. The quantitative estimate of drug-likeness (QED) is 0.505. The number of anilines is 1. The second-order valence-electron chi connectivity index (χ2n) is 8.70. The zero-order valence-electron chi connectivity index (χ0n) is 19.0. The molecule has 2 aromatic carbocycles. The summed E-state index contributed by atoms with van der Waals surface area (Å²) in [6.45, 7) is 2.53. The minimum Gasteiger partial charge on any atom is -0.371 e. The minimum atomic E-state index is -0.852. The van der Waals surface area contributed by atoms with Gasteiger partial charge in [0, 0.05) is 56.2 Å². The third-order valence-corrected chi connectivity index (χ3v) is 6.13. The first-order chi connectivity index (χ1) is 16.4. The Morgan fingerprint density at radius 3 is 2.82 bits per heavy atom. The molecule has 4 rings (SSSR count). The number of benzene rings is 2.